The molecular formula is C14H20FN3O. The molecule has 1 heterocycles. The Bertz CT molecular complexity index is 421. The first-order valence-electron chi connectivity index (χ1n) is 6.62. The van der Waals surface area contributed by atoms with Crippen LogP contribution in [-0.2, 0) is 11.2 Å². The third-order valence-corrected chi connectivity index (χ3v) is 3.33. The van der Waals surface area contributed by atoms with E-state index in [4.69, 9.17) is 5.73 Å². The first-order chi connectivity index (χ1) is 9.13. The van der Waals surface area contributed by atoms with E-state index in [0.29, 0.717) is 19.5 Å². The van der Waals surface area contributed by atoms with Crippen molar-refractivity contribution in [2.75, 3.05) is 26.2 Å². The van der Waals surface area contributed by atoms with Crippen molar-refractivity contribution in [3.8, 4) is 0 Å². The fraction of sp³-hybridized carbons (Fsp3) is 0.500. The van der Waals surface area contributed by atoms with Gasteiger partial charge in [0.25, 0.3) is 0 Å². The van der Waals surface area contributed by atoms with Crippen molar-refractivity contribution < 1.29 is 9.18 Å². The molecule has 0 radical (unpaired) electrons. The highest BCUT2D eigenvalue weighted by Gasteiger charge is 2.20. The van der Waals surface area contributed by atoms with Crippen LogP contribution in [-0.4, -0.2) is 43.0 Å². The highest BCUT2D eigenvalue weighted by molar-refractivity contribution is 5.78. The molecule has 104 valence electrons. The smallest absolute Gasteiger partial charge is 0.234 e. The Morgan fingerprint density at radius 3 is 2.79 bits per heavy atom. The van der Waals surface area contributed by atoms with Gasteiger partial charge in [-0.25, -0.2) is 4.39 Å². The van der Waals surface area contributed by atoms with Gasteiger partial charge in [-0.2, -0.15) is 0 Å². The van der Waals surface area contributed by atoms with Crippen LogP contribution in [0, 0.1) is 5.82 Å². The number of carbonyl (C=O) groups is 1. The van der Waals surface area contributed by atoms with E-state index in [2.05, 4.69) is 10.2 Å². The third kappa shape index (κ3) is 4.61. The maximum absolute atomic E-state index is 12.7. The number of nitrogens with two attached hydrogens (primary N) is 1. The minimum Gasteiger partial charge on any atom is -0.355 e. The summed E-state index contributed by atoms with van der Waals surface area (Å²) in [5, 5.41) is 2.87. The molecule has 0 aliphatic carbocycles. The Morgan fingerprint density at radius 2 is 2.16 bits per heavy atom. The first kappa shape index (κ1) is 14.0. The van der Waals surface area contributed by atoms with Crippen LogP contribution in [0.4, 0.5) is 4.39 Å². The summed E-state index contributed by atoms with van der Waals surface area (Å²) in [5.41, 5.74) is 6.80. The molecule has 1 aliphatic heterocycles. The molecule has 4 nitrogen and oxygen atoms in total. The summed E-state index contributed by atoms with van der Waals surface area (Å²) in [7, 11) is 0. The fourth-order valence-corrected chi connectivity index (χ4v) is 2.26. The van der Waals surface area contributed by atoms with Gasteiger partial charge in [-0.05, 0) is 30.5 Å². The van der Waals surface area contributed by atoms with E-state index in [-0.39, 0.29) is 17.8 Å². The van der Waals surface area contributed by atoms with E-state index in [1.165, 1.54) is 12.1 Å². The quantitative estimate of drug-likeness (QED) is 0.816. The zero-order valence-corrected chi connectivity index (χ0v) is 10.9. The molecule has 0 bridgehead atoms. The summed E-state index contributed by atoms with van der Waals surface area (Å²) < 4.78 is 12.7. The molecule has 19 heavy (non-hydrogen) atoms. The zero-order chi connectivity index (χ0) is 13.7. The lowest BCUT2D eigenvalue weighted by atomic mass is 10.1. The molecule has 5 heteroatoms. The van der Waals surface area contributed by atoms with Crippen LogP contribution in [0.5, 0.6) is 0 Å². The SMILES string of the molecule is N[C@@H]1CCN(CC(=O)NCCc2ccc(F)cc2)C1. The summed E-state index contributed by atoms with van der Waals surface area (Å²) in [5.74, 6) is -0.214. The van der Waals surface area contributed by atoms with Crippen LogP contribution in [0.15, 0.2) is 24.3 Å². The van der Waals surface area contributed by atoms with Gasteiger partial charge in [-0.15, -0.1) is 0 Å². The lowest BCUT2D eigenvalue weighted by molar-refractivity contribution is -0.121. The van der Waals surface area contributed by atoms with E-state index >= 15 is 0 Å². The van der Waals surface area contributed by atoms with Crippen molar-refractivity contribution in [2.24, 2.45) is 5.73 Å². The minimum absolute atomic E-state index is 0.0243. The second-order valence-corrected chi connectivity index (χ2v) is 5.01. The number of carbonyl (C=O) groups excluding carboxylic acids is 1. The number of nitrogens with zero attached hydrogens (tertiary/aromatic N) is 1. The van der Waals surface area contributed by atoms with Crippen molar-refractivity contribution in [3.05, 3.63) is 35.6 Å². The van der Waals surface area contributed by atoms with E-state index in [1.54, 1.807) is 12.1 Å². The summed E-state index contributed by atoms with van der Waals surface area (Å²) in [6.07, 6.45) is 1.67. The highest BCUT2D eigenvalue weighted by atomic mass is 19.1. The first-order valence-corrected chi connectivity index (χ1v) is 6.62. The number of hydrogen-bond donors (Lipinski definition) is 2. The van der Waals surface area contributed by atoms with E-state index in [9.17, 15) is 9.18 Å². The van der Waals surface area contributed by atoms with Gasteiger partial charge in [0.1, 0.15) is 5.82 Å². The van der Waals surface area contributed by atoms with E-state index in [1.807, 2.05) is 0 Å². The zero-order valence-electron chi connectivity index (χ0n) is 10.9. The van der Waals surface area contributed by atoms with Gasteiger partial charge in [0.05, 0.1) is 6.54 Å². The number of hydrogen-bond acceptors (Lipinski definition) is 3. The number of likely N-dealkylation sites (tertiary alicyclic amines) is 1. The van der Waals surface area contributed by atoms with Crippen molar-refractivity contribution in [3.63, 3.8) is 0 Å². The molecular weight excluding hydrogens is 245 g/mol. The van der Waals surface area contributed by atoms with Crippen molar-refractivity contribution in [1.29, 1.82) is 0 Å². The number of amides is 1. The van der Waals surface area contributed by atoms with Crippen LogP contribution in [0.25, 0.3) is 0 Å². The van der Waals surface area contributed by atoms with Crippen LogP contribution in [0.3, 0.4) is 0 Å². The Hall–Kier alpha value is -1.46. The summed E-state index contributed by atoms with van der Waals surface area (Å²) in [6, 6.07) is 6.54. The molecule has 1 fully saturated rings. The van der Waals surface area contributed by atoms with Gasteiger partial charge in [-0.3, -0.25) is 9.69 Å². The summed E-state index contributed by atoms with van der Waals surface area (Å²) in [6.45, 7) is 2.68. The monoisotopic (exact) mass is 265 g/mol. The van der Waals surface area contributed by atoms with Gasteiger partial charge in [-0.1, -0.05) is 12.1 Å². The molecule has 1 amide bonds. The molecule has 0 aromatic heterocycles. The van der Waals surface area contributed by atoms with Crippen LogP contribution >= 0.6 is 0 Å². The lowest BCUT2D eigenvalue weighted by Gasteiger charge is -2.14. The van der Waals surface area contributed by atoms with Gasteiger partial charge in [0, 0.05) is 25.7 Å². The molecule has 1 aliphatic rings. The number of rotatable bonds is 5. The van der Waals surface area contributed by atoms with E-state index < -0.39 is 0 Å². The van der Waals surface area contributed by atoms with Crippen LogP contribution in [0.1, 0.15) is 12.0 Å². The average Bonchev–Trinajstić information content (AvgIpc) is 2.77. The molecule has 1 atom stereocenters. The topological polar surface area (TPSA) is 58.4 Å². The standard InChI is InChI=1S/C14H20FN3O/c15-12-3-1-11(2-4-12)5-7-17-14(19)10-18-8-6-13(16)9-18/h1-4,13H,5-10,16H2,(H,17,19)/t13-/m1/s1. The highest BCUT2D eigenvalue weighted by Crippen LogP contribution is 2.06. The molecule has 0 saturated carbocycles. The predicted octanol–water partition coefficient (Wildman–Crippen LogP) is 0.517. The van der Waals surface area contributed by atoms with Gasteiger partial charge < -0.3 is 11.1 Å². The number of halogens is 1. The Kier molecular flexibility index (Phi) is 4.87. The minimum atomic E-state index is -0.238. The van der Waals surface area contributed by atoms with Crippen LogP contribution in [0.2, 0.25) is 0 Å². The molecule has 0 unspecified atom stereocenters. The molecule has 3 N–H and O–H groups in total. The van der Waals surface area contributed by atoms with Gasteiger partial charge in [0.2, 0.25) is 5.91 Å². The second kappa shape index (κ2) is 6.63. The number of nitrogens with one attached hydrogen (secondary N) is 1. The Labute approximate surface area is 112 Å². The van der Waals surface area contributed by atoms with E-state index in [0.717, 1.165) is 25.1 Å². The second-order valence-electron chi connectivity index (χ2n) is 5.01. The third-order valence-electron chi connectivity index (χ3n) is 3.33. The molecule has 0 spiro atoms. The van der Waals surface area contributed by atoms with Crippen molar-refractivity contribution in [1.82, 2.24) is 10.2 Å². The van der Waals surface area contributed by atoms with Gasteiger partial charge in [0.15, 0.2) is 0 Å². The fourth-order valence-electron chi connectivity index (χ4n) is 2.26. The van der Waals surface area contributed by atoms with Crippen molar-refractivity contribution >= 4 is 5.91 Å². The Morgan fingerprint density at radius 1 is 1.42 bits per heavy atom. The largest absolute Gasteiger partial charge is 0.355 e. The maximum Gasteiger partial charge on any atom is 0.234 e. The van der Waals surface area contributed by atoms with Crippen LogP contribution < -0.4 is 11.1 Å². The molecule has 1 aromatic rings. The molecule has 2 rings (SSSR count). The summed E-state index contributed by atoms with van der Waals surface area (Å²) >= 11 is 0. The molecule has 1 aromatic carbocycles. The normalized spacial score (nSPS) is 19.6. The summed E-state index contributed by atoms with van der Waals surface area (Å²) in [4.78, 5) is 13.8. The van der Waals surface area contributed by atoms with Gasteiger partial charge >= 0.3 is 0 Å². The lowest BCUT2D eigenvalue weighted by Crippen LogP contribution is -2.38. The predicted molar refractivity (Wildman–Crippen MR) is 72.1 cm³/mol. The number of benzene rings is 1. The van der Waals surface area contributed by atoms with Crippen molar-refractivity contribution in [2.45, 2.75) is 18.9 Å². The Balaban J connectivity index is 1.65. The molecule has 1 saturated heterocycles. The maximum atomic E-state index is 12.7. The average molecular weight is 265 g/mol.